The van der Waals surface area contributed by atoms with Crippen molar-refractivity contribution in [1.82, 2.24) is 0 Å². The fourth-order valence-electron chi connectivity index (χ4n) is 15.4. The van der Waals surface area contributed by atoms with Gasteiger partial charge in [-0.2, -0.15) is 0 Å². The quantitative estimate of drug-likeness (QED) is 0.120. The summed E-state index contributed by atoms with van der Waals surface area (Å²) in [6, 6.07) is 62.3. The average Bonchev–Trinajstić information content (AvgIpc) is 4.12. The minimum atomic E-state index is -0.120. The molecule has 3 nitrogen and oxygen atoms in total. The van der Waals surface area contributed by atoms with E-state index in [-0.39, 0.29) is 28.6 Å². The Kier molecular flexibility index (Phi) is 11.4. The SMILES string of the molecule is CCCCc1ccc(N2B3c4cc(CCCC)cc5c4N(c4cc(N(c6ccccc6)c6ccccc6)cc(c43)-c3cc4sc6cc7c(cc6c4cc32)C(C)(C)CCC7(C)C)C2(C)CCCCC52C)c(-c2ccccc2)c1. The Hall–Kier alpha value is -6.56. The summed E-state index contributed by atoms with van der Waals surface area (Å²) >= 11 is 2.00. The first kappa shape index (κ1) is 48.8. The van der Waals surface area contributed by atoms with E-state index in [2.05, 4.69) is 228 Å². The smallest absolute Gasteiger partial charge is 0.333 e. The molecule has 1 saturated carbocycles. The number of nitrogens with zero attached hydrogens (tertiary/aromatic N) is 3. The maximum Gasteiger partial charge on any atom is 0.333 e. The van der Waals surface area contributed by atoms with Gasteiger partial charge in [0.1, 0.15) is 0 Å². The summed E-state index contributed by atoms with van der Waals surface area (Å²) in [5.74, 6) is 0. The molecule has 2 unspecified atom stereocenters. The monoisotopic (exact) mass is 1020 g/mol. The highest BCUT2D eigenvalue weighted by atomic mass is 32.1. The highest BCUT2D eigenvalue weighted by Gasteiger charge is 2.62. The number of unbranched alkanes of at least 4 members (excludes halogenated alkanes) is 2. The van der Waals surface area contributed by atoms with E-state index >= 15 is 0 Å². The van der Waals surface area contributed by atoms with Gasteiger partial charge < -0.3 is 14.6 Å². The Morgan fingerprint density at radius 2 is 1.13 bits per heavy atom. The zero-order valence-electron chi connectivity index (χ0n) is 46.8. The van der Waals surface area contributed by atoms with Crippen molar-refractivity contribution in [3.05, 3.63) is 186 Å². The van der Waals surface area contributed by atoms with E-state index in [1.54, 1.807) is 5.56 Å². The molecule has 8 aromatic carbocycles. The Morgan fingerprint density at radius 3 is 1.82 bits per heavy atom. The van der Waals surface area contributed by atoms with Crippen molar-refractivity contribution in [2.24, 2.45) is 0 Å². The van der Waals surface area contributed by atoms with Crippen molar-refractivity contribution < 1.29 is 0 Å². The van der Waals surface area contributed by atoms with E-state index in [0.717, 1.165) is 30.6 Å². The van der Waals surface area contributed by atoms with Gasteiger partial charge in [-0.05, 0) is 192 Å². The maximum atomic E-state index is 2.94. The highest BCUT2D eigenvalue weighted by molar-refractivity contribution is 7.25. The molecule has 0 spiro atoms. The van der Waals surface area contributed by atoms with Gasteiger partial charge in [0.25, 0.3) is 0 Å². The van der Waals surface area contributed by atoms with Gasteiger partial charge in [-0.3, -0.25) is 0 Å². The molecule has 2 atom stereocenters. The molecular formula is C72H74BN3S. The van der Waals surface area contributed by atoms with Gasteiger partial charge in [-0.25, -0.2) is 0 Å². The molecule has 386 valence electrons. The molecule has 0 radical (unpaired) electrons. The molecule has 5 aliphatic rings. The predicted molar refractivity (Wildman–Crippen MR) is 334 cm³/mol. The van der Waals surface area contributed by atoms with E-state index < -0.39 is 0 Å². The molecule has 0 saturated heterocycles. The van der Waals surface area contributed by atoms with Gasteiger partial charge in [0.2, 0.25) is 0 Å². The van der Waals surface area contributed by atoms with Crippen LogP contribution in [0, 0.1) is 0 Å². The van der Waals surface area contributed by atoms with Crippen LogP contribution in [-0.2, 0) is 29.1 Å². The minimum Gasteiger partial charge on any atom is -0.376 e. The standard InChI is InChI=1S/C72H74BN3S/c1-9-11-24-47-32-33-62(53(38-47)49-26-16-13-17-27-49)76-63-44-56-55-43-58-59(70(5,6)37-36-69(58,3)4)46-66(55)77-65(56)45-54(63)57-41-52(74(50-28-18-14-19-29-50)51-30-20-15-21-31-51)42-64-67(57)73(76)61-40-48(25-12-10-2)39-60-68(61)75(64)72(8)35-23-22-34-71(60,72)7/h13-21,26-33,38-46H,9-12,22-25,34-37H2,1-8H3. The third-order valence-electron chi connectivity index (χ3n) is 19.9. The Labute approximate surface area is 463 Å². The largest absolute Gasteiger partial charge is 0.376 e. The summed E-state index contributed by atoms with van der Waals surface area (Å²) in [6.45, 7) is 19.8. The van der Waals surface area contributed by atoms with Crippen LogP contribution in [0.2, 0.25) is 0 Å². The Bertz CT molecular complexity index is 3760. The van der Waals surface area contributed by atoms with Crippen LogP contribution >= 0.6 is 11.3 Å². The van der Waals surface area contributed by atoms with Crippen molar-refractivity contribution in [3.8, 4) is 22.3 Å². The van der Waals surface area contributed by atoms with E-state index in [1.165, 1.54) is 162 Å². The predicted octanol–water partition coefficient (Wildman–Crippen LogP) is 19.2. The number of fused-ring (bicyclic) bond motifs is 11. The van der Waals surface area contributed by atoms with Crippen LogP contribution in [0.1, 0.15) is 147 Å². The average molecular weight is 1020 g/mol. The minimum absolute atomic E-state index is 0.0245. The normalized spacial score (nSPS) is 20.2. The molecule has 5 heteroatoms. The molecule has 14 rings (SSSR count). The number of benzene rings is 8. The topological polar surface area (TPSA) is 9.72 Å². The molecule has 0 amide bonds. The fourth-order valence-corrected chi connectivity index (χ4v) is 16.5. The molecule has 2 aliphatic carbocycles. The van der Waals surface area contributed by atoms with E-state index in [4.69, 9.17) is 0 Å². The fraction of sp³-hybridized carbons (Fsp3) is 0.333. The molecule has 3 aliphatic heterocycles. The van der Waals surface area contributed by atoms with Crippen molar-refractivity contribution in [1.29, 1.82) is 0 Å². The molecule has 9 aromatic rings. The summed E-state index contributed by atoms with van der Waals surface area (Å²) in [6.07, 6.45) is 14.1. The van der Waals surface area contributed by atoms with Gasteiger partial charge in [0.15, 0.2) is 0 Å². The number of para-hydroxylation sites is 2. The highest BCUT2D eigenvalue weighted by Crippen LogP contribution is 2.63. The molecule has 0 bridgehead atoms. The van der Waals surface area contributed by atoms with Gasteiger partial charge in [-0.15, -0.1) is 11.3 Å². The lowest BCUT2D eigenvalue weighted by Crippen LogP contribution is -2.64. The summed E-state index contributed by atoms with van der Waals surface area (Å²) in [4.78, 5) is 8.33. The zero-order valence-corrected chi connectivity index (χ0v) is 47.6. The molecule has 1 aromatic heterocycles. The second-order valence-electron chi connectivity index (χ2n) is 25.5. The second kappa shape index (κ2) is 18.0. The van der Waals surface area contributed by atoms with Crippen molar-refractivity contribution in [3.63, 3.8) is 0 Å². The van der Waals surface area contributed by atoms with Gasteiger partial charge in [0.05, 0.1) is 5.54 Å². The lowest BCUT2D eigenvalue weighted by molar-refractivity contribution is 0.195. The number of hydrogen-bond donors (Lipinski definition) is 0. The lowest BCUT2D eigenvalue weighted by Gasteiger charge is -2.53. The Balaban J connectivity index is 1.14. The molecule has 4 heterocycles. The summed E-state index contributed by atoms with van der Waals surface area (Å²) in [5, 5.41) is 2.77. The van der Waals surface area contributed by atoms with E-state index in [0.29, 0.717) is 0 Å². The van der Waals surface area contributed by atoms with Crippen LogP contribution in [0.15, 0.2) is 158 Å². The lowest BCUT2D eigenvalue weighted by atomic mass is 9.43. The third-order valence-corrected chi connectivity index (χ3v) is 21.1. The first-order chi connectivity index (χ1) is 37.3. The van der Waals surface area contributed by atoms with Gasteiger partial charge in [0, 0.05) is 76.5 Å². The summed E-state index contributed by atoms with van der Waals surface area (Å²) in [5.41, 5.74) is 24.8. The van der Waals surface area contributed by atoms with Crippen molar-refractivity contribution in [2.45, 2.75) is 154 Å². The summed E-state index contributed by atoms with van der Waals surface area (Å²) in [7, 11) is 0. The third kappa shape index (κ3) is 7.34. The number of rotatable bonds is 11. The molecule has 0 N–H and O–H groups in total. The van der Waals surface area contributed by atoms with Crippen LogP contribution in [0.4, 0.5) is 39.8 Å². The van der Waals surface area contributed by atoms with Crippen LogP contribution in [-0.4, -0.2) is 12.4 Å². The maximum absolute atomic E-state index is 2.94. The van der Waals surface area contributed by atoms with Crippen molar-refractivity contribution in [2.75, 3.05) is 14.6 Å². The first-order valence-electron chi connectivity index (χ1n) is 29.4. The van der Waals surface area contributed by atoms with Crippen LogP contribution in [0.3, 0.4) is 0 Å². The molecular weight excluding hydrogens is 950 g/mol. The molecule has 1 fully saturated rings. The number of thiophene rings is 1. The number of hydrogen-bond acceptors (Lipinski definition) is 4. The molecule has 77 heavy (non-hydrogen) atoms. The zero-order chi connectivity index (χ0) is 52.6. The van der Waals surface area contributed by atoms with Crippen LogP contribution in [0.25, 0.3) is 42.4 Å². The number of anilines is 7. The van der Waals surface area contributed by atoms with Crippen molar-refractivity contribution >= 4 is 89.1 Å². The van der Waals surface area contributed by atoms with Crippen LogP contribution in [0.5, 0.6) is 0 Å². The second-order valence-corrected chi connectivity index (χ2v) is 26.6. The van der Waals surface area contributed by atoms with E-state index in [9.17, 15) is 0 Å². The van der Waals surface area contributed by atoms with E-state index in [1.807, 2.05) is 11.3 Å². The summed E-state index contributed by atoms with van der Waals surface area (Å²) < 4.78 is 2.77. The van der Waals surface area contributed by atoms with Crippen LogP contribution < -0.4 is 25.5 Å². The number of aryl methyl sites for hydroxylation is 2. The Morgan fingerprint density at radius 1 is 0.506 bits per heavy atom. The van der Waals surface area contributed by atoms with Gasteiger partial charge >= 0.3 is 6.85 Å². The van der Waals surface area contributed by atoms with Gasteiger partial charge in [-0.1, -0.05) is 159 Å². The first-order valence-corrected chi connectivity index (χ1v) is 30.2.